The lowest BCUT2D eigenvalue weighted by Gasteiger charge is -2.10. The van der Waals surface area contributed by atoms with Gasteiger partial charge in [-0.15, -0.1) is 0 Å². The molecule has 0 atom stereocenters. The first-order valence-electron chi connectivity index (χ1n) is 8.19. The summed E-state index contributed by atoms with van der Waals surface area (Å²) in [6.45, 7) is 4.06. The molecule has 130 valence electrons. The van der Waals surface area contributed by atoms with Gasteiger partial charge in [0.2, 0.25) is 0 Å². The minimum absolute atomic E-state index is 0.397. The summed E-state index contributed by atoms with van der Waals surface area (Å²) in [6.07, 6.45) is 0. The van der Waals surface area contributed by atoms with Crippen molar-refractivity contribution in [2.24, 2.45) is 0 Å². The maximum absolute atomic E-state index is 5.77. The molecule has 0 fully saturated rings. The Balaban J connectivity index is 1.72. The van der Waals surface area contributed by atoms with Gasteiger partial charge in [0.25, 0.3) is 0 Å². The largest absolute Gasteiger partial charge is 0.445 e. The van der Waals surface area contributed by atoms with E-state index < -0.39 is 0 Å². The zero-order valence-corrected chi connectivity index (χ0v) is 16.2. The molecule has 0 saturated carbocycles. The predicted molar refractivity (Wildman–Crippen MR) is 113 cm³/mol. The van der Waals surface area contributed by atoms with Crippen LogP contribution in [-0.2, 0) is 0 Å². The molecule has 0 amide bonds. The van der Waals surface area contributed by atoms with Gasteiger partial charge in [0.1, 0.15) is 11.5 Å². The third-order valence-corrected chi connectivity index (χ3v) is 4.44. The number of hydrogen-bond donors (Lipinski definition) is 0. The standard InChI is InChI=1S/C22H18O2S2/c1-15-6-10-19(11-7-15)23-21(25)17-4-3-5-18(14-17)22(26)24-20-12-8-16(2)9-13-20/h3-14H,1-2H3. The third-order valence-electron chi connectivity index (χ3n) is 3.80. The predicted octanol–water partition coefficient (Wildman–Crippen LogP) is 5.81. The zero-order valence-electron chi connectivity index (χ0n) is 14.6. The molecule has 0 aliphatic heterocycles. The topological polar surface area (TPSA) is 18.5 Å². The van der Waals surface area contributed by atoms with Gasteiger partial charge in [0, 0.05) is 11.1 Å². The van der Waals surface area contributed by atoms with Crippen molar-refractivity contribution in [1.29, 1.82) is 0 Å². The summed E-state index contributed by atoms with van der Waals surface area (Å²) in [5.74, 6) is 1.42. The van der Waals surface area contributed by atoms with Crippen LogP contribution in [0.2, 0.25) is 0 Å². The van der Waals surface area contributed by atoms with Crippen molar-refractivity contribution in [2.45, 2.75) is 13.8 Å². The van der Waals surface area contributed by atoms with E-state index in [9.17, 15) is 0 Å². The van der Waals surface area contributed by atoms with Crippen molar-refractivity contribution in [1.82, 2.24) is 0 Å². The minimum Gasteiger partial charge on any atom is -0.445 e. The van der Waals surface area contributed by atoms with E-state index >= 15 is 0 Å². The van der Waals surface area contributed by atoms with Crippen LogP contribution < -0.4 is 9.47 Å². The van der Waals surface area contributed by atoms with Gasteiger partial charge in [0.15, 0.2) is 10.1 Å². The van der Waals surface area contributed by atoms with Gasteiger partial charge in [-0.25, -0.2) is 0 Å². The maximum Gasteiger partial charge on any atom is 0.198 e. The van der Waals surface area contributed by atoms with Crippen LogP contribution in [-0.4, -0.2) is 10.1 Å². The molecule has 0 heterocycles. The van der Waals surface area contributed by atoms with Crippen LogP contribution in [0.4, 0.5) is 0 Å². The first kappa shape index (κ1) is 18.2. The van der Waals surface area contributed by atoms with Gasteiger partial charge in [-0.2, -0.15) is 0 Å². The van der Waals surface area contributed by atoms with Crippen LogP contribution in [0.25, 0.3) is 0 Å². The molecule has 0 bridgehead atoms. The molecule has 2 nitrogen and oxygen atoms in total. The Hall–Kier alpha value is -2.56. The van der Waals surface area contributed by atoms with Crippen LogP contribution >= 0.6 is 24.4 Å². The van der Waals surface area contributed by atoms with E-state index in [0.717, 1.165) is 11.1 Å². The number of aryl methyl sites for hydroxylation is 2. The maximum atomic E-state index is 5.77. The molecule has 0 radical (unpaired) electrons. The van der Waals surface area contributed by atoms with Gasteiger partial charge in [-0.1, -0.05) is 53.6 Å². The van der Waals surface area contributed by atoms with Crippen molar-refractivity contribution < 1.29 is 9.47 Å². The summed E-state index contributed by atoms with van der Waals surface area (Å²) >= 11 is 10.8. The Labute approximate surface area is 164 Å². The lowest BCUT2D eigenvalue weighted by molar-refractivity contribution is 0.564. The molecular formula is C22H18O2S2. The third kappa shape index (κ3) is 4.75. The van der Waals surface area contributed by atoms with E-state index in [1.807, 2.05) is 86.6 Å². The van der Waals surface area contributed by atoms with E-state index in [4.69, 9.17) is 33.9 Å². The fourth-order valence-corrected chi connectivity index (χ4v) is 2.76. The first-order chi connectivity index (χ1) is 12.5. The second-order valence-electron chi connectivity index (χ2n) is 5.99. The highest BCUT2D eigenvalue weighted by molar-refractivity contribution is 7.80. The molecule has 3 rings (SSSR count). The molecule has 0 aromatic heterocycles. The summed E-state index contributed by atoms with van der Waals surface area (Å²) in [4.78, 5) is 0. The minimum atomic E-state index is 0.397. The molecule has 0 aliphatic carbocycles. The van der Waals surface area contributed by atoms with Crippen molar-refractivity contribution in [2.75, 3.05) is 0 Å². The van der Waals surface area contributed by atoms with E-state index in [-0.39, 0.29) is 0 Å². The molecule has 3 aromatic carbocycles. The second kappa shape index (κ2) is 8.21. The Morgan fingerprint density at radius 2 is 1.00 bits per heavy atom. The van der Waals surface area contributed by atoms with Gasteiger partial charge in [0.05, 0.1) is 0 Å². The molecular weight excluding hydrogens is 360 g/mol. The van der Waals surface area contributed by atoms with E-state index in [2.05, 4.69) is 0 Å². The van der Waals surface area contributed by atoms with Crippen molar-refractivity contribution in [3.63, 3.8) is 0 Å². The van der Waals surface area contributed by atoms with Gasteiger partial charge in [-0.3, -0.25) is 0 Å². The molecule has 0 unspecified atom stereocenters. The Bertz CT molecular complexity index is 854. The molecule has 0 N–H and O–H groups in total. The summed E-state index contributed by atoms with van der Waals surface area (Å²) in [5.41, 5.74) is 3.91. The van der Waals surface area contributed by atoms with E-state index in [0.29, 0.717) is 21.6 Å². The number of hydrogen-bond acceptors (Lipinski definition) is 4. The lowest BCUT2D eigenvalue weighted by Crippen LogP contribution is -2.11. The fraction of sp³-hybridized carbons (Fsp3) is 0.0909. The fourth-order valence-electron chi connectivity index (χ4n) is 2.32. The lowest BCUT2D eigenvalue weighted by atomic mass is 10.1. The van der Waals surface area contributed by atoms with Gasteiger partial charge in [-0.05, 0) is 68.6 Å². The van der Waals surface area contributed by atoms with Crippen LogP contribution in [0.5, 0.6) is 11.5 Å². The highest BCUT2D eigenvalue weighted by Gasteiger charge is 2.09. The molecule has 0 spiro atoms. The summed E-state index contributed by atoms with van der Waals surface area (Å²) in [7, 11) is 0. The van der Waals surface area contributed by atoms with Crippen LogP contribution in [0.15, 0.2) is 72.8 Å². The second-order valence-corrected chi connectivity index (χ2v) is 6.73. The highest BCUT2D eigenvalue weighted by atomic mass is 32.1. The van der Waals surface area contributed by atoms with Crippen LogP contribution in [0, 0.1) is 13.8 Å². The number of rotatable bonds is 4. The summed E-state index contributed by atoms with van der Waals surface area (Å²) < 4.78 is 11.5. The van der Waals surface area contributed by atoms with Gasteiger partial charge < -0.3 is 9.47 Å². The number of thiocarbonyl (C=S) groups is 2. The van der Waals surface area contributed by atoms with Crippen LogP contribution in [0.1, 0.15) is 22.3 Å². The SMILES string of the molecule is Cc1ccc(OC(=S)c2cccc(C(=S)Oc3ccc(C)cc3)c2)cc1. The van der Waals surface area contributed by atoms with Gasteiger partial charge >= 0.3 is 0 Å². The first-order valence-corrected chi connectivity index (χ1v) is 9.01. The Morgan fingerprint density at radius 1 is 0.615 bits per heavy atom. The molecule has 0 aliphatic rings. The molecule has 0 saturated heterocycles. The molecule has 3 aromatic rings. The average molecular weight is 379 g/mol. The average Bonchev–Trinajstić information content (AvgIpc) is 2.65. The Morgan fingerprint density at radius 3 is 1.38 bits per heavy atom. The molecule has 4 heteroatoms. The number of ether oxygens (including phenoxy) is 2. The summed E-state index contributed by atoms with van der Waals surface area (Å²) in [6, 6.07) is 23.1. The van der Waals surface area contributed by atoms with E-state index in [1.165, 1.54) is 11.1 Å². The smallest absolute Gasteiger partial charge is 0.198 e. The summed E-state index contributed by atoms with van der Waals surface area (Å²) in [5, 5.41) is 0.794. The Kier molecular flexibility index (Phi) is 5.76. The van der Waals surface area contributed by atoms with Crippen LogP contribution in [0.3, 0.4) is 0 Å². The normalized spacial score (nSPS) is 10.2. The molecule has 26 heavy (non-hydrogen) atoms. The highest BCUT2D eigenvalue weighted by Crippen LogP contribution is 2.18. The van der Waals surface area contributed by atoms with Crippen molar-refractivity contribution in [3.05, 3.63) is 95.1 Å². The quantitative estimate of drug-likeness (QED) is 0.533. The van der Waals surface area contributed by atoms with Crippen molar-refractivity contribution >= 4 is 34.5 Å². The van der Waals surface area contributed by atoms with Crippen molar-refractivity contribution in [3.8, 4) is 11.5 Å². The monoisotopic (exact) mass is 378 g/mol. The van der Waals surface area contributed by atoms with E-state index in [1.54, 1.807) is 0 Å². The zero-order chi connectivity index (χ0) is 18.5. The number of benzene rings is 3.